The summed E-state index contributed by atoms with van der Waals surface area (Å²) in [5, 5.41) is 11.1. The minimum Gasteiger partial charge on any atom is -0.432 e. The minimum absolute atomic E-state index is 0.104. The Morgan fingerprint density at radius 3 is 2.76 bits per heavy atom. The third-order valence-electron chi connectivity index (χ3n) is 2.80. The van der Waals surface area contributed by atoms with E-state index >= 15 is 0 Å². The average molecular weight is 289 g/mol. The maximum absolute atomic E-state index is 11.1. The van der Waals surface area contributed by atoms with Crippen molar-refractivity contribution in [2.75, 3.05) is 5.43 Å². The maximum Gasteiger partial charge on any atom is 0.311 e. The number of nitrogens with one attached hydrogen (secondary N) is 1. The number of aromatic nitrogens is 2. The van der Waals surface area contributed by atoms with Gasteiger partial charge in [-0.3, -0.25) is 15.5 Å². The third kappa shape index (κ3) is 3.42. The number of nitrogens with two attached hydrogens (primary N) is 1. The minimum atomic E-state index is -0.482. The molecule has 3 N–H and O–H groups in total. The Hall–Kier alpha value is -2.74. The molecule has 0 bridgehead atoms. The Morgan fingerprint density at radius 2 is 2.14 bits per heavy atom. The van der Waals surface area contributed by atoms with Gasteiger partial charge in [-0.05, 0) is 25.0 Å². The first kappa shape index (κ1) is 14.7. The van der Waals surface area contributed by atoms with E-state index in [1.807, 2.05) is 6.92 Å². The molecule has 21 heavy (non-hydrogen) atoms. The molecule has 0 spiro atoms. The Balaban J connectivity index is 2.39. The highest BCUT2D eigenvalue weighted by Crippen LogP contribution is 2.32. The molecule has 0 aliphatic carbocycles. The summed E-state index contributed by atoms with van der Waals surface area (Å²) in [6, 6.07) is 6.40. The molecule has 0 aliphatic heterocycles. The number of hydrogen-bond acceptors (Lipinski definition) is 7. The van der Waals surface area contributed by atoms with E-state index in [9.17, 15) is 10.1 Å². The van der Waals surface area contributed by atoms with Gasteiger partial charge in [-0.2, -0.15) is 4.98 Å². The van der Waals surface area contributed by atoms with Gasteiger partial charge in [0.15, 0.2) is 0 Å². The van der Waals surface area contributed by atoms with Crippen molar-refractivity contribution in [1.29, 1.82) is 0 Å². The van der Waals surface area contributed by atoms with E-state index in [0.717, 1.165) is 5.56 Å². The fourth-order valence-electron chi connectivity index (χ4n) is 1.78. The summed E-state index contributed by atoms with van der Waals surface area (Å²) in [6.45, 7) is 3.66. The van der Waals surface area contributed by atoms with E-state index in [1.165, 1.54) is 6.07 Å². The highest BCUT2D eigenvalue weighted by Gasteiger charge is 2.17. The van der Waals surface area contributed by atoms with Crippen molar-refractivity contribution in [3.8, 4) is 11.6 Å². The third-order valence-corrected chi connectivity index (χ3v) is 2.80. The molecule has 110 valence electrons. The highest BCUT2D eigenvalue weighted by molar-refractivity contribution is 5.50. The Bertz CT molecular complexity index is 675. The van der Waals surface area contributed by atoms with Crippen molar-refractivity contribution >= 4 is 11.6 Å². The predicted octanol–water partition coefficient (Wildman–Crippen LogP) is 2.33. The normalized spacial score (nSPS) is 10.2. The number of nitrogen functional groups attached to an aromatic ring is 1. The molecule has 0 aliphatic rings. The number of hydrogen-bond donors (Lipinski definition) is 2. The second kappa shape index (κ2) is 6.14. The SMILES string of the molecule is CCc1ccc(Oc2cc(C)nc(NN)n2)c([N+](=O)[O-])c1. The standard InChI is InChI=1S/C13H15N5O3/c1-3-9-4-5-11(10(7-9)18(19)20)21-12-6-8(2)15-13(16-12)17-14/h4-7H,3,14H2,1-2H3,(H,15,16,17). The number of rotatable bonds is 5. The van der Waals surface area contributed by atoms with Gasteiger partial charge >= 0.3 is 5.69 Å². The van der Waals surface area contributed by atoms with Crippen LogP contribution in [0.1, 0.15) is 18.2 Å². The zero-order chi connectivity index (χ0) is 15.4. The Morgan fingerprint density at radius 1 is 1.38 bits per heavy atom. The fraction of sp³-hybridized carbons (Fsp3) is 0.231. The summed E-state index contributed by atoms with van der Waals surface area (Å²) in [5.41, 5.74) is 3.69. The smallest absolute Gasteiger partial charge is 0.311 e. The van der Waals surface area contributed by atoms with Gasteiger partial charge in [-0.1, -0.05) is 13.0 Å². The molecule has 2 aromatic rings. The van der Waals surface area contributed by atoms with Crippen LogP contribution in [0, 0.1) is 17.0 Å². The van der Waals surface area contributed by atoms with Gasteiger partial charge in [0.05, 0.1) is 4.92 Å². The molecule has 0 atom stereocenters. The number of nitrogens with zero attached hydrogens (tertiary/aromatic N) is 3. The monoisotopic (exact) mass is 289 g/mol. The molecule has 0 fully saturated rings. The number of hydrazine groups is 1. The summed E-state index contributed by atoms with van der Waals surface area (Å²) in [4.78, 5) is 18.7. The lowest BCUT2D eigenvalue weighted by molar-refractivity contribution is -0.385. The summed E-state index contributed by atoms with van der Waals surface area (Å²) < 4.78 is 5.51. The number of nitro groups is 1. The number of anilines is 1. The van der Waals surface area contributed by atoms with Crippen LogP contribution in [0.15, 0.2) is 24.3 Å². The van der Waals surface area contributed by atoms with E-state index in [1.54, 1.807) is 25.1 Å². The lowest BCUT2D eigenvalue weighted by Gasteiger charge is -2.08. The van der Waals surface area contributed by atoms with Crippen LogP contribution >= 0.6 is 0 Å². The second-order valence-corrected chi connectivity index (χ2v) is 4.33. The van der Waals surface area contributed by atoms with Crippen molar-refractivity contribution in [3.05, 3.63) is 45.6 Å². The first-order chi connectivity index (χ1) is 10.0. The van der Waals surface area contributed by atoms with Gasteiger partial charge < -0.3 is 4.74 Å². The molecule has 8 heteroatoms. The van der Waals surface area contributed by atoms with Crippen molar-refractivity contribution in [2.45, 2.75) is 20.3 Å². The van der Waals surface area contributed by atoms with Crippen LogP contribution in [0.2, 0.25) is 0 Å². The van der Waals surface area contributed by atoms with E-state index in [4.69, 9.17) is 10.6 Å². The van der Waals surface area contributed by atoms with Gasteiger partial charge in [-0.25, -0.2) is 10.8 Å². The molecular weight excluding hydrogens is 274 g/mol. The summed E-state index contributed by atoms with van der Waals surface area (Å²) in [7, 11) is 0. The number of benzene rings is 1. The van der Waals surface area contributed by atoms with Gasteiger partial charge in [0.2, 0.25) is 17.6 Å². The molecule has 0 radical (unpaired) electrons. The Labute approximate surface area is 121 Å². The topological polar surface area (TPSA) is 116 Å². The molecule has 0 saturated carbocycles. The van der Waals surface area contributed by atoms with Crippen LogP contribution in [0.5, 0.6) is 11.6 Å². The van der Waals surface area contributed by atoms with Crippen molar-refractivity contribution < 1.29 is 9.66 Å². The molecular formula is C13H15N5O3. The van der Waals surface area contributed by atoms with E-state index in [0.29, 0.717) is 12.1 Å². The van der Waals surface area contributed by atoms with Crippen molar-refractivity contribution in [1.82, 2.24) is 9.97 Å². The van der Waals surface area contributed by atoms with Gasteiger partial charge in [0, 0.05) is 17.8 Å². The van der Waals surface area contributed by atoms with Crippen LogP contribution in [0.3, 0.4) is 0 Å². The number of aryl methyl sites for hydroxylation is 2. The van der Waals surface area contributed by atoms with Crippen molar-refractivity contribution in [2.24, 2.45) is 5.84 Å². The molecule has 0 amide bonds. The second-order valence-electron chi connectivity index (χ2n) is 4.33. The van der Waals surface area contributed by atoms with Crippen LogP contribution in [0.25, 0.3) is 0 Å². The lowest BCUT2D eigenvalue weighted by Crippen LogP contribution is -2.11. The van der Waals surface area contributed by atoms with E-state index in [-0.39, 0.29) is 23.3 Å². The maximum atomic E-state index is 11.1. The first-order valence-corrected chi connectivity index (χ1v) is 6.31. The van der Waals surface area contributed by atoms with E-state index < -0.39 is 4.92 Å². The van der Waals surface area contributed by atoms with Gasteiger partial charge in [-0.15, -0.1) is 0 Å². The van der Waals surface area contributed by atoms with Crippen LogP contribution < -0.4 is 16.0 Å². The van der Waals surface area contributed by atoms with Gasteiger partial charge in [0.25, 0.3) is 0 Å². The van der Waals surface area contributed by atoms with Crippen LogP contribution in [-0.2, 0) is 6.42 Å². The van der Waals surface area contributed by atoms with Crippen LogP contribution in [-0.4, -0.2) is 14.9 Å². The average Bonchev–Trinajstić information content (AvgIpc) is 2.46. The fourth-order valence-corrected chi connectivity index (χ4v) is 1.78. The van der Waals surface area contributed by atoms with E-state index in [2.05, 4.69) is 15.4 Å². The molecule has 0 saturated heterocycles. The van der Waals surface area contributed by atoms with Gasteiger partial charge in [0.1, 0.15) is 0 Å². The number of nitro benzene ring substituents is 1. The molecule has 0 unspecified atom stereocenters. The lowest BCUT2D eigenvalue weighted by atomic mass is 10.1. The summed E-state index contributed by atoms with van der Waals surface area (Å²) in [6.07, 6.45) is 0.703. The largest absolute Gasteiger partial charge is 0.432 e. The molecule has 1 aromatic carbocycles. The molecule has 1 heterocycles. The number of ether oxygens (including phenoxy) is 1. The quantitative estimate of drug-likeness (QED) is 0.493. The first-order valence-electron chi connectivity index (χ1n) is 6.31. The zero-order valence-corrected chi connectivity index (χ0v) is 11.7. The molecule has 2 rings (SSSR count). The molecule has 1 aromatic heterocycles. The Kier molecular flexibility index (Phi) is 4.29. The zero-order valence-electron chi connectivity index (χ0n) is 11.7. The summed E-state index contributed by atoms with van der Waals surface area (Å²) in [5.74, 6) is 5.74. The molecule has 8 nitrogen and oxygen atoms in total. The highest BCUT2D eigenvalue weighted by atomic mass is 16.6. The summed E-state index contributed by atoms with van der Waals surface area (Å²) >= 11 is 0. The predicted molar refractivity (Wildman–Crippen MR) is 77.1 cm³/mol. The van der Waals surface area contributed by atoms with Crippen molar-refractivity contribution in [3.63, 3.8) is 0 Å². The van der Waals surface area contributed by atoms with Crippen LogP contribution in [0.4, 0.5) is 11.6 Å².